The molecule has 6 heteroatoms. The number of carbonyl (C=O) groups is 2. The van der Waals surface area contributed by atoms with Gasteiger partial charge in [-0.15, -0.1) is 0 Å². The summed E-state index contributed by atoms with van der Waals surface area (Å²) in [5, 5.41) is 0.303. The average molecular weight is 381 g/mol. The lowest BCUT2D eigenvalue weighted by atomic mass is 10.1. The van der Waals surface area contributed by atoms with Gasteiger partial charge in [0.05, 0.1) is 10.6 Å². The predicted molar refractivity (Wildman–Crippen MR) is 104 cm³/mol. The van der Waals surface area contributed by atoms with Gasteiger partial charge >= 0.3 is 0 Å². The maximum Gasteiger partial charge on any atom is 0.276 e. The molecule has 0 fully saturated rings. The van der Waals surface area contributed by atoms with Crippen molar-refractivity contribution in [2.24, 2.45) is 0 Å². The third-order valence-corrected chi connectivity index (χ3v) is 4.09. The number of nitrogens with one attached hydrogen (secondary N) is 2. The van der Waals surface area contributed by atoms with Crippen LogP contribution in [0.25, 0.3) is 11.1 Å². The molecule has 0 atom stereocenters. The summed E-state index contributed by atoms with van der Waals surface area (Å²) in [5.74, 6) is -0.409. The van der Waals surface area contributed by atoms with Crippen molar-refractivity contribution in [1.82, 2.24) is 10.9 Å². The molecular weight excluding hydrogens is 364 g/mol. The zero-order valence-corrected chi connectivity index (χ0v) is 15.1. The SMILES string of the molecule is O=C(COc1ccccc1-c1ccccc1)NNC(=O)c1ccccc1Cl. The van der Waals surface area contributed by atoms with Crippen LogP contribution in [0.5, 0.6) is 5.75 Å². The van der Waals surface area contributed by atoms with Crippen LogP contribution < -0.4 is 15.6 Å². The van der Waals surface area contributed by atoms with Gasteiger partial charge < -0.3 is 4.74 Å². The van der Waals surface area contributed by atoms with E-state index in [0.717, 1.165) is 11.1 Å². The molecule has 0 unspecified atom stereocenters. The van der Waals surface area contributed by atoms with Crippen LogP contribution in [0.15, 0.2) is 78.9 Å². The van der Waals surface area contributed by atoms with E-state index < -0.39 is 11.8 Å². The van der Waals surface area contributed by atoms with E-state index in [4.69, 9.17) is 16.3 Å². The summed E-state index contributed by atoms with van der Waals surface area (Å²) in [6, 6.07) is 23.7. The minimum atomic E-state index is -0.501. The molecule has 0 aliphatic rings. The molecule has 0 heterocycles. The molecule has 3 aromatic carbocycles. The minimum absolute atomic E-state index is 0.243. The Labute approximate surface area is 161 Å². The number of hydrogen-bond donors (Lipinski definition) is 2. The summed E-state index contributed by atoms with van der Waals surface area (Å²) >= 11 is 5.95. The monoisotopic (exact) mass is 380 g/mol. The Morgan fingerprint density at radius 2 is 1.48 bits per heavy atom. The van der Waals surface area contributed by atoms with Crippen molar-refractivity contribution in [2.75, 3.05) is 6.61 Å². The zero-order valence-electron chi connectivity index (χ0n) is 14.3. The van der Waals surface area contributed by atoms with Gasteiger partial charge in [-0.05, 0) is 23.8 Å². The lowest BCUT2D eigenvalue weighted by Gasteiger charge is -2.12. The van der Waals surface area contributed by atoms with Gasteiger partial charge in [0.25, 0.3) is 11.8 Å². The fourth-order valence-corrected chi connectivity index (χ4v) is 2.69. The summed E-state index contributed by atoms with van der Waals surface area (Å²) in [6.45, 7) is -0.243. The molecule has 0 radical (unpaired) electrons. The first kappa shape index (κ1) is 18.5. The van der Waals surface area contributed by atoms with E-state index in [0.29, 0.717) is 10.8 Å². The summed E-state index contributed by atoms with van der Waals surface area (Å²) in [4.78, 5) is 24.0. The molecule has 3 rings (SSSR count). The molecule has 2 amide bonds. The molecule has 0 aliphatic heterocycles. The number of carbonyl (C=O) groups excluding carboxylic acids is 2. The van der Waals surface area contributed by atoms with Crippen molar-refractivity contribution in [3.8, 4) is 16.9 Å². The fraction of sp³-hybridized carbons (Fsp3) is 0.0476. The third-order valence-electron chi connectivity index (χ3n) is 3.76. The van der Waals surface area contributed by atoms with E-state index in [1.165, 1.54) is 0 Å². The molecule has 3 aromatic rings. The quantitative estimate of drug-likeness (QED) is 0.661. The predicted octanol–water partition coefficient (Wildman–Crippen LogP) is 3.85. The van der Waals surface area contributed by atoms with Crippen LogP contribution in [0.1, 0.15) is 10.4 Å². The van der Waals surface area contributed by atoms with E-state index in [2.05, 4.69) is 10.9 Å². The van der Waals surface area contributed by atoms with Crippen LogP contribution in [-0.2, 0) is 4.79 Å². The second-order valence-electron chi connectivity index (χ2n) is 5.63. The Balaban J connectivity index is 1.57. The van der Waals surface area contributed by atoms with Gasteiger partial charge in [0.2, 0.25) is 0 Å². The smallest absolute Gasteiger partial charge is 0.276 e. The lowest BCUT2D eigenvalue weighted by molar-refractivity contribution is -0.123. The summed E-state index contributed by atoms with van der Waals surface area (Å²) in [7, 11) is 0. The van der Waals surface area contributed by atoms with Gasteiger partial charge in [0, 0.05) is 5.56 Å². The highest BCUT2D eigenvalue weighted by atomic mass is 35.5. The Bertz CT molecular complexity index is 945. The van der Waals surface area contributed by atoms with E-state index in [-0.39, 0.29) is 12.2 Å². The van der Waals surface area contributed by atoms with Gasteiger partial charge in [-0.2, -0.15) is 0 Å². The number of amides is 2. The third kappa shape index (κ3) is 4.86. The summed E-state index contributed by atoms with van der Waals surface area (Å²) in [6.07, 6.45) is 0. The molecule has 0 bridgehead atoms. The molecule has 27 heavy (non-hydrogen) atoms. The number of hydrogen-bond acceptors (Lipinski definition) is 3. The highest BCUT2D eigenvalue weighted by molar-refractivity contribution is 6.33. The Morgan fingerprint density at radius 1 is 0.815 bits per heavy atom. The normalized spacial score (nSPS) is 10.1. The standard InChI is InChI=1S/C21H17ClN2O3/c22-18-12-6-4-11-17(18)21(26)24-23-20(25)14-27-19-13-7-5-10-16(19)15-8-2-1-3-9-15/h1-13H,14H2,(H,23,25)(H,24,26). The first-order valence-corrected chi connectivity index (χ1v) is 8.64. The number of hydrazine groups is 1. The van der Waals surface area contributed by atoms with Crippen molar-refractivity contribution >= 4 is 23.4 Å². The number of para-hydroxylation sites is 1. The van der Waals surface area contributed by atoms with Crippen molar-refractivity contribution in [3.05, 3.63) is 89.4 Å². The van der Waals surface area contributed by atoms with Crippen molar-refractivity contribution < 1.29 is 14.3 Å². The second kappa shape index (κ2) is 8.87. The van der Waals surface area contributed by atoms with Gasteiger partial charge in [-0.1, -0.05) is 72.3 Å². The van der Waals surface area contributed by atoms with Gasteiger partial charge in [-0.25, -0.2) is 0 Å². The minimum Gasteiger partial charge on any atom is -0.483 e. The van der Waals surface area contributed by atoms with Crippen LogP contribution in [0, 0.1) is 0 Å². The van der Waals surface area contributed by atoms with Crippen LogP contribution >= 0.6 is 11.6 Å². The van der Waals surface area contributed by atoms with E-state index in [9.17, 15) is 9.59 Å². The maximum absolute atomic E-state index is 12.0. The molecular formula is C21H17ClN2O3. The Morgan fingerprint density at radius 3 is 2.26 bits per heavy atom. The van der Waals surface area contributed by atoms with Crippen molar-refractivity contribution in [2.45, 2.75) is 0 Å². The largest absolute Gasteiger partial charge is 0.483 e. The number of ether oxygens (including phenoxy) is 1. The lowest BCUT2D eigenvalue weighted by Crippen LogP contribution is -2.43. The van der Waals surface area contributed by atoms with Gasteiger partial charge in [-0.3, -0.25) is 20.4 Å². The molecule has 2 N–H and O–H groups in total. The van der Waals surface area contributed by atoms with E-state index in [1.807, 2.05) is 48.5 Å². The van der Waals surface area contributed by atoms with E-state index >= 15 is 0 Å². The molecule has 5 nitrogen and oxygen atoms in total. The first-order valence-electron chi connectivity index (χ1n) is 8.26. The fourth-order valence-electron chi connectivity index (χ4n) is 2.47. The Hall–Kier alpha value is -3.31. The Kier molecular flexibility index (Phi) is 6.07. The number of halogens is 1. The number of benzene rings is 3. The van der Waals surface area contributed by atoms with Crippen LogP contribution in [0.3, 0.4) is 0 Å². The molecule has 0 saturated carbocycles. The van der Waals surface area contributed by atoms with Crippen molar-refractivity contribution in [1.29, 1.82) is 0 Å². The molecule has 0 aliphatic carbocycles. The van der Waals surface area contributed by atoms with Gasteiger partial charge in [0.1, 0.15) is 5.75 Å². The topological polar surface area (TPSA) is 67.4 Å². The highest BCUT2D eigenvalue weighted by Gasteiger charge is 2.12. The van der Waals surface area contributed by atoms with Gasteiger partial charge in [0.15, 0.2) is 6.61 Å². The van der Waals surface area contributed by atoms with E-state index in [1.54, 1.807) is 30.3 Å². The maximum atomic E-state index is 12.0. The van der Waals surface area contributed by atoms with Crippen LogP contribution in [0.2, 0.25) is 5.02 Å². The molecule has 136 valence electrons. The summed E-state index contributed by atoms with van der Waals surface area (Å²) in [5.41, 5.74) is 6.77. The zero-order chi connectivity index (χ0) is 19.1. The molecule has 0 saturated heterocycles. The van der Waals surface area contributed by atoms with Crippen LogP contribution in [-0.4, -0.2) is 18.4 Å². The number of rotatable bonds is 5. The second-order valence-corrected chi connectivity index (χ2v) is 6.04. The van der Waals surface area contributed by atoms with Crippen LogP contribution in [0.4, 0.5) is 0 Å². The molecule has 0 aromatic heterocycles. The van der Waals surface area contributed by atoms with Crippen molar-refractivity contribution in [3.63, 3.8) is 0 Å². The molecule has 0 spiro atoms. The average Bonchev–Trinajstić information content (AvgIpc) is 2.71. The highest BCUT2D eigenvalue weighted by Crippen LogP contribution is 2.29. The summed E-state index contributed by atoms with van der Waals surface area (Å²) < 4.78 is 5.63. The first-order chi connectivity index (χ1) is 13.1.